The molecule has 1 saturated carbocycles. The highest BCUT2D eigenvalue weighted by Crippen LogP contribution is 2.45. The highest BCUT2D eigenvalue weighted by molar-refractivity contribution is 5.95. The van der Waals surface area contributed by atoms with Crippen LogP contribution in [0.2, 0.25) is 0 Å². The monoisotopic (exact) mass is 505 g/mol. The molecular weight excluding hydrogens is 471 g/mol. The van der Waals surface area contributed by atoms with Crippen LogP contribution in [0.3, 0.4) is 0 Å². The largest absolute Gasteiger partial charge is 0.451 e. The fraction of sp³-hybridized carbons (Fsp3) is 0.577. The molecule has 1 atom stereocenters. The molecule has 1 aromatic heterocycles. The van der Waals surface area contributed by atoms with Gasteiger partial charge in [-0.2, -0.15) is 13.2 Å². The van der Waals surface area contributed by atoms with E-state index in [1.807, 2.05) is 25.2 Å². The van der Waals surface area contributed by atoms with Gasteiger partial charge < -0.3 is 10.1 Å². The van der Waals surface area contributed by atoms with E-state index in [1.54, 1.807) is 0 Å². The van der Waals surface area contributed by atoms with E-state index in [1.165, 1.54) is 4.90 Å². The average molecular weight is 506 g/mol. The molecule has 1 aliphatic carbocycles. The third-order valence-corrected chi connectivity index (χ3v) is 7.83. The zero-order valence-electron chi connectivity index (χ0n) is 20.9. The van der Waals surface area contributed by atoms with Crippen LogP contribution in [-0.4, -0.2) is 65.3 Å². The van der Waals surface area contributed by atoms with Gasteiger partial charge in [-0.15, -0.1) is 0 Å². The molecule has 1 spiro atoms. The van der Waals surface area contributed by atoms with Gasteiger partial charge in [0, 0.05) is 18.7 Å². The van der Waals surface area contributed by atoms with Crippen LogP contribution in [0.1, 0.15) is 44.9 Å². The number of allylic oxidation sites excluding steroid dienone is 3. The number of anilines is 1. The Hall–Kier alpha value is -2.72. The summed E-state index contributed by atoms with van der Waals surface area (Å²) >= 11 is 0. The first-order valence-corrected chi connectivity index (χ1v) is 12.4. The molecule has 2 saturated heterocycles. The second kappa shape index (κ2) is 10.3. The van der Waals surface area contributed by atoms with Crippen molar-refractivity contribution in [3.8, 4) is 0 Å². The minimum absolute atomic E-state index is 0.231. The van der Waals surface area contributed by atoms with Crippen LogP contribution in [0.4, 0.5) is 23.7 Å². The number of amides is 2. The van der Waals surface area contributed by atoms with Crippen molar-refractivity contribution in [3.63, 3.8) is 0 Å². The lowest BCUT2D eigenvalue weighted by molar-refractivity contribution is -0.144. The van der Waals surface area contributed by atoms with Gasteiger partial charge in [-0.3, -0.25) is 9.80 Å². The van der Waals surface area contributed by atoms with Crippen LogP contribution in [0.25, 0.3) is 0 Å². The molecule has 3 aliphatic rings. The summed E-state index contributed by atoms with van der Waals surface area (Å²) in [5.74, 6) is -0.736. The number of aromatic nitrogens is 2. The third kappa shape index (κ3) is 5.20. The van der Waals surface area contributed by atoms with Crippen LogP contribution in [0.5, 0.6) is 0 Å². The smallest absolute Gasteiger partial charge is 0.381 e. The van der Waals surface area contributed by atoms with Crippen LogP contribution < -0.4 is 10.2 Å². The molecule has 7 nitrogen and oxygen atoms in total. The van der Waals surface area contributed by atoms with E-state index in [4.69, 9.17) is 4.74 Å². The van der Waals surface area contributed by atoms with E-state index in [0.717, 1.165) is 69.8 Å². The van der Waals surface area contributed by atoms with E-state index < -0.39 is 17.5 Å². The first-order chi connectivity index (χ1) is 17.1. The molecule has 10 heteroatoms. The number of hydrogen-bond donors (Lipinski definition) is 1. The maximum absolute atomic E-state index is 12.9. The molecule has 0 aromatic carbocycles. The van der Waals surface area contributed by atoms with Gasteiger partial charge in [0.05, 0.1) is 36.8 Å². The Morgan fingerprint density at radius 1 is 1.31 bits per heavy atom. The van der Waals surface area contributed by atoms with Gasteiger partial charge in [0.25, 0.3) is 0 Å². The quantitative estimate of drug-likeness (QED) is 0.543. The summed E-state index contributed by atoms with van der Waals surface area (Å²) in [6.45, 7) is 8.92. The summed E-state index contributed by atoms with van der Waals surface area (Å²) in [6.07, 6.45) is 9.69. The zero-order valence-corrected chi connectivity index (χ0v) is 20.9. The molecule has 1 unspecified atom stereocenters. The number of nitrogens with zero attached hydrogens (tertiary/aromatic N) is 4. The third-order valence-electron chi connectivity index (χ3n) is 7.83. The molecule has 1 N–H and O–H groups in total. The maximum atomic E-state index is 12.9. The molecule has 3 fully saturated rings. The summed E-state index contributed by atoms with van der Waals surface area (Å²) in [7, 11) is 2.16. The Balaban J connectivity index is 1.53. The minimum Gasteiger partial charge on any atom is -0.381 e. The first-order valence-electron chi connectivity index (χ1n) is 12.4. The number of rotatable bonds is 7. The van der Waals surface area contributed by atoms with Gasteiger partial charge >= 0.3 is 12.2 Å². The molecule has 196 valence electrons. The summed E-state index contributed by atoms with van der Waals surface area (Å²) in [5, 5.41) is 3.12. The second-order valence-corrected chi connectivity index (χ2v) is 10.1. The number of likely N-dealkylation sites (N-methyl/N-ethyl adjacent to an activating group) is 1. The van der Waals surface area contributed by atoms with Gasteiger partial charge in [-0.05, 0) is 57.6 Å². The molecule has 36 heavy (non-hydrogen) atoms. The normalized spacial score (nSPS) is 29.5. The van der Waals surface area contributed by atoms with E-state index in [-0.39, 0.29) is 17.3 Å². The van der Waals surface area contributed by atoms with Crippen LogP contribution in [0, 0.1) is 5.92 Å². The number of carbonyl (C=O) groups excluding carboxylic acids is 1. The number of ether oxygens (including phenoxy) is 1. The van der Waals surface area contributed by atoms with Crippen molar-refractivity contribution in [2.45, 2.75) is 56.3 Å². The standard InChI is InChI=1S/C26H34F3N5O2/c1-4-6-7-20(5-2)25(33(3)16-19-8-13-36-17-19)11-9-24(10-12-25)18-34(23(35)32-24)21-14-30-22(31-15-21)26(27,28)29/h4-7,14-15,19H,2,8-13,16-18H2,1,3H3,(H,32,35)/b6-4-,20-7+. The molecule has 4 rings (SSSR count). The Kier molecular flexibility index (Phi) is 7.56. The number of urea groups is 1. The molecule has 0 radical (unpaired) electrons. The fourth-order valence-electron chi connectivity index (χ4n) is 5.74. The van der Waals surface area contributed by atoms with Crippen LogP contribution >= 0.6 is 0 Å². The van der Waals surface area contributed by atoms with Gasteiger partial charge in [0.1, 0.15) is 0 Å². The predicted octanol–water partition coefficient (Wildman–Crippen LogP) is 4.73. The first kappa shape index (κ1) is 26.3. The van der Waals surface area contributed by atoms with Crippen LogP contribution in [0.15, 0.2) is 48.8 Å². The number of alkyl halides is 3. The zero-order chi connectivity index (χ0) is 26.0. The van der Waals surface area contributed by atoms with Crippen molar-refractivity contribution in [1.82, 2.24) is 20.2 Å². The highest BCUT2D eigenvalue weighted by Gasteiger charge is 2.51. The summed E-state index contributed by atoms with van der Waals surface area (Å²) in [6, 6.07) is -0.337. The number of halogens is 3. The van der Waals surface area contributed by atoms with Crippen LogP contribution in [-0.2, 0) is 10.9 Å². The summed E-state index contributed by atoms with van der Waals surface area (Å²) < 4.78 is 44.2. The fourth-order valence-corrected chi connectivity index (χ4v) is 5.74. The van der Waals surface area contributed by atoms with Gasteiger partial charge in [-0.25, -0.2) is 14.8 Å². The minimum atomic E-state index is -4.63. The average Bonchev–Trinajstić information content (AvgIpc) is 3.48. The van der Waals surface area contributed by atoms with Gasteiger partial charge in [-0.1, -0.05) is 30.9 Å². The SMILES string of the molecule is C=C/C(=C\C=C/C)C1(N(C)CC2CCOC2)CCC2(CC1)CN(c1cnc(C(F)(F)F)nc1)C(=O)N2. The maximum Gasteiger partial charge on any atom is 0.451 e. The highest BCUT2D eigenvalue weighted by atomic mass is 19.4. The lowest BCUT2D eigenvalue weighted by atomic mass is 9.68. The van der Waals surface area contributed by atoms with E-state index in [9.17, 15) is 18.0 Å². The van der Waals surface area contributed by atoms with E-state index >= 15 is 0 Å². The van der Waals surface area contributed by atoms with Gasteiger partial charge in [0.15, 0.2) is 0 Å². The Morgan fingerprint density at radius 2 is 2.00 bits per heavy atom. The molecule has 3 heterocycles. The van der Waals surface area contributed by atoms with Crippen molar-refractivity contribution in [1.29, 1.82) is 0 Å². The lowest BCUT2D eigenvalue weighted by Crippen LogP contribution is -2.57. The number of carbonyl (C=O) groups is 1. The molecule has 0 bridgehead atoms. The van der Waals surface area contributed by atoms with Gasteiger partial charge in [0.2, 0.25) is 5.82 Å². The summed E-state index contributed by atoms with van der Waals surface area (Å²) in [4.78, 5) is 23.6. The van der Waals surface area contributed by atoms with E-state index in [0.29, 0.717) is 12.5 Å². The molecule has 2 aliphatic heterocycles. The van der Waals surface area contributed by atoms with Crippen molar-refractivity contribution in [3.05, 3.63) is 54.7 Å². The number of nitrogens with one attached hydrogen (secondary N) is 1. The molecule has 1 aromatic rings. The van der Waals surface area contributed by atoms with Crippen molar-refractivity contribution >= 4 is 11.7 Å². The van der Waals surface area contributed by atoms with Crippen molar-refractivity contribution < 1.29 is 22.7 Å². The Labute approximate surface area is 210 Å². The second-order valence-electron chi connectivity index (χ2n) is 10.1. The van der Waals surface area contributed by atoms with Crippen molar-refractivity contribution in [2.75, 3.05) is 38.3 Å². The number of hydrogen-bond acceptors (Lipinski definition) is 5. The molecule has 2 amide bonds. The predicted molar refractivity (Wildman–Crippen MR) is 131 cm³/mol. The Morgan fingerprint density at radius 3 is 2.56 bits per heavy atom. The van der Waals surface area contributed by atoms with Crippen molar-refractivity contribution in [2.24, 2.45) is 5.92 Å². The topological polar surface area (TPSA) is 70.6 Å². The molecular formula is C26H34F3N5O2. The Bertz CT molecular complexity index is 1010. The van der Waals surface area contributed by atoms with E-state index in [2.05, 4.69) is 39.9 Å². The lowest BCUT2D eigenvalue weighted by Gasteiger charge is -2.50. The summed E-state index contributed by atoms with van der Waals surface area (Å²) in [5.41, 5.74) is 0.708.